The zero-order valence-electron chi connectivity index (χ0n) is 10.4. The van der Waals surface area contributed by atoms with Crippen LogP contribution in [0.25, 0.3) is 0 Å². The van der Waals surface area contributed by atoms with E-state index in [0.717, 1.165) is 13.0 Å². The summed E-state index contributed by atoms with van der Waals surface area (Å²) in [6.45, 7) is 8.98. The van der Waals surface area contributed by atoms with Crippen molar-refractivity contribution in [2.24, 2.45) is 0 Å². The van der Waals surface area contributed by atoms with Gasteiger partial charge in [0.25, 0.3) is 0 Å². The highest BCUT2D eigenvalue weighted by Crippen LogP contribution is 2.17. The minimum Gasteiger partial charge on any atom is -0.389 e. The molecule has 2 unspecified atom stereocenters. The van der Waals surface area contributed by atoms with Crippen molar-refractivity contribution in [3.05, 3.63) is 11.6 Å². The van der Waals surface area contributed by atoms with E-state index in [0.29, 0.717) is 13.0 Å². The third-order valence-corrected chi connectivity index (χ3v) is 2.51. The first-order valence-corrected chi connectivity index (χ1v) is 5.64. The maximum Gasteiger partial charge on any atom is 0.0948 e. The van der Waals surface area contributed by atoms with Gasteiger partial charge in [-0.3, -0.25) is 0 Å². The molecule has 0 aliphatic heterocycles. The lowest BCUT2D eigenvalue weighted by Crippen LogP contribution is -2.45. The first kappa shape index (κ1) is 14.6. The molecule has 0 saturated carbocycles. The Hall–Kier alpha value is -0.380. The summed E-state index contributed by atoms with van der Waals surface area (Å²) < 4.78 is 0. The quantitative estimate of drug-likeness (QED) is 0.563. The zero-order valence-corrected chi connectivity index (χ0v) is 10.4. The van der Waals surface area contributed by atoms with Gasteiger partial charge in [-0.15, -0.1) is 0 Å². The van der Waals surface area contributed by atoms with Gasteiger partial charge in [0.1, 0.15) is 0 Å². The van der Waals surface area contributed by atoms with Crippen molar-refractivity contribution in [1.29, 1.82) is 0 Å². The van der Waals surface area contributed by atoms with Crippen LogP contribution in [0.2, 0.25) is 0 Å². The summed E-state index contributed by atoms with van der Waals surface area (Å²) in [5.74, 6) is 0. The molecular formula is C12H25NO2. The van der Waals surface area contributed by atoms with Crippen LogP contribution in [0.15, 0.2) is 11.6 Å². The van der Waals surface area contributed by atoms with Crippen LogP contribution in [0.5, 0.6) is 0 Å². The topological polar surface area (TPSA) is 52.5 Å². The Balaban J connectivity index is 3.98. The number of allylic oxidation sites excluding steroid dienone is 2. The monoisotopic (exact) mass is 215 g/mol. The molecule has 0 aliphatic carbocycles. The van der Waals surface area contributed by atoms with Gasteiger partial charge >= 0.3 is 0 Å². The molecule has 0 fully saturated rings. The molecule has 0 aromatic carbocycles. The fourth-order valence-electron chi connectivity index (χ4n) is 1.32. The first-order chi connectivity index (χ1) is 6.90. The number of aliphatic hydroxyl groups excluding tert-OH is 1. The molecule has 3 N–H and O–H groups in total. The van der Waals surface area contributed by atoms with E-state index in [1.54, 1.807) is 6.92 Å². The molecule has 0 aromatic rings. The maximum absolute atomic E-state index is 10.0. The standard InChI is InChI=1S/C12H25NO2/c1-5-13-9-11(14)12(4,15)8-6-7-10(2)3/h7,11,13-15H,5-6,8-9H2,1-4H3. The summed E-state index contributed by atoms with van der Waals surface area (Å²) in [7, 11) is 0. The molecular weight excluding hydrogens is 190 g/mol. The Kier molecular flexibility index (Phi) is 6.81. The van der Waals surface area contributed by atoms with E-state index in [2.05, 4.69) is 11.4 Å². The number of hydrogen-bond donors (Lipinski definition) is 3. The molecule has 0 bridgehead atoms. The lowest BCUT2D eigenvalue weighted by molar-refractivity contribution is -0.0643. The van der Waals surface area contributed by atoms with Crippen molar-refractivity contribution in [1.82, 2.24) is 5.32 Å². The van der Waals surface area contributed by atoms with Gasteiger partial charge in [-0.2, -0.15) is 0 Å². The third-order valence-electron chi connectivity index (χ3n) is 2.51. The number of nitrogens with one attached hydrogen (secondary N) is 1. The van der Waals surface area contributed by atoms with Gasteiger partial charge in [-0.1, -0.05) is 18.6 Å². The van der Waals surface area contributed by atoms with E-state index in [9.17, 15) is 10.2 Å². The average Bonchev–Trinajstić information content (AvgIpc) is 2.13. The fraction of sp³-hybridized carbons (Fsp3) is 0.833. The molecule has 0 aliphatic rings. The second-order valence-corrected chi connectivity index (χ2v) is 4.50. The molecule has 3 heteroatoms. The van der Waals surface area contributed by atoms with Crippen molar-refractivity contribution in [3.8, 4) is 0 Å². The smallest absolute Gasteiger partial charge is 0.0948 e. The molecule has 0 amide bonds. The van der Waals surface area contributed by atoms with E-state index in [4.69, 9.17) is 0 Å². The van der Waals surface area contributed by atoms with E-state index < -0.39 is 11.7 Å². The minimum absolute atomic E-state index is 0.443. The van der Waals surface area contributed by atoms with Crippen molar-refractivity contribution >= 4 is 0 Å². The van der Waals surface area contributed by atoms with E-state index in [1.807, 2.05) is 20.8 Å². The molecule has 15 heavy (non-hydrogen) atoms. The second-order valence-electron chi connectivity index (χ2n) is 4.50. The summed E-state index contributed by atoms with van der Waals surface area (Å²) in [6.07, 6.45) is 2.76. The van der Waals surface area contributed by atoms with Gasteiger partial charge in [-0.05, 0) is 40.2 Å². The Morgan fingerprint density at radius 2 is 2.07 bits per heavy atom. The zero-order chi connectivity index (χ0) is 11.9. The molecule has 0 saturated heterocycles. The van der Waals surface area contributed by atoms with E-state index in [1.165, 1.54) is 5.57 Å². The van der Waals surface area contributed by atoms with Crippen molar-refractivity contribution in [3.63, 3.8) is 0 Å². The fourth-order valence-corrected chi connectivity index (χ4v) is 1.32. The van der Waals surface area contributed by atoms with Crippen LogP contribution < -0.4 is 5.32 Å². The summed E-state index contributed by atoms with van der Waals surface area (Å²) in [6, 6.07) is 0. The van der Waals surface area contributed by atoms with Crippen LogP contribution in [0.1, 0.15) is 40.5 Å². The molecule has 90 valence electrons. The molecule has 3 nitrogen and oxygen atoms in total. The highest BCUT2D eigenvalue weighted by atomic mass is 16.3. The van der Waals surface area contributed by atoms with Gasteiger partial charge in [-0.25, -0.2) is 0 Å². The van der Waals surface area contributed by atoms with Crippen LogP contribution in [0.4, 0.5) is 0 Å². The van der Waals surface area contributed by atoms with Gasteiger partial charge in [0.05, 0.1) is 11.7 Å². The Morgan fingerprint density at radius 1 is 1.47 bits per heavy atom. The Morgan fingerprint density at radius 3 is 2.53 bits per heavy atom. The summed E-state index contributed by atoms with van der Waals surface area (Å²) in [5, 5.41) is 22.8. The molecule has 0 rings (SSSR count). The average molecular weight is 215 g/mol. The molecule has 0 heterocycles. The van der Waals surface area contributed by atoms with Crippen molar-refractivity contribution < 1.29 is 10.2 Å². The van der Waals surface area contributed by atoms with Crippen molar-refractivity contribution in [2.75, 3.05) is 13.1 Å². The van der Waals surface area contributed by atoms with Crippen LogP contribution in [-0.2, 0) is 0 Å². The van der Waals surface area contributed by atoms with E-state index in [-0.39, 0.29) is 0 Å². The third kappa shape index (κ3) is 6.66. The summed E-state index contributed by atoms with van der Waals surface area (Å²) in [5.41, 5.74) is 0.237. The predicted octanol–water partition coefficient (Wildman–Crippen LogP) is 1.45. The number of aliphatic hydroxyl groups is 2. The number of hydrogen-bond acceptors (Lipinski definition) is 3. The summed E-state index contributed by atoms with van der Waals surface area (Å²) in [4.78, 5) is 0. The van der Waals surface area contributed by atoms with Crippen LogP contribution in [0, 0.1) is 0 Å². The first-order valence-electron chi connectivity index (χ1n) is 5.64. The van der Waals surface area contributed by atoms with Crippen molar-refractivity contribution in [2.45, 2.75) is 52.2 Å². The highest BCUT2D eigenvalue weighted by molar-refractivity contribution is 4.95. The minimum atomic E-state index is -1.01. The normalized spacial score (nSPS) is 16.9. The molecule has 2 atom stereocenters. The predicted molar refractivity (Wildman–Crippen MR) is 63.8 cm³/mol. The van der Waals surface area contributed by atoms with Gasteiger partial charge in [0, 0.05) is 6.54 Å². The molecule has 0 radical (unpaired) electrons. The second kappa shape index (κ2) is 6.99. The van der Waals surface area contributed by atoms with Gasteiger partial charge in [0.2, 0.25) is 0 Å². The van der Waals surface area contributed by atoms with Crippen LogP contribution in [-0.4, -0.2) is 35.0 Å². The van der Waals surface area contributed by atoms with Gasteiger partial charge < -0.3 is 15.5 Å². The maximum atomic E-state index is 10.0. The Bertz CT molecular complexity index is 196. The lowest BCUT2D eigenvalue weighted by Gasteiger charge is -2.29. The van der Waals surface area contributed by atoms with Crippen LogP contribution >= 0.6 is 0 Å². The highest BCUT2D eigenvalue weighted by Gasteiger charge is 2.28. The van der Waals surface area contributed by atoms with E-state index >= 15 is 0 Å². The number of rotatable bonds is 7. The Labute approximate surface area is 93.2 Å². The number of likely N-dealkylation sites (N-methyl/N-ethyl adjacent to an activating group) is 1. The largest absolute Gasteiger partial charge is 0.389 e. The van der Waals surface area contributed by atoms with Gasteiger partial charge in [0.15, 0.2) is 0 Å². The summed E-state index contributed by atoms with van der Waals surface area (Å²) >= 11 is 0. The SMILES string of the molecule is CCNCC(O)C(C)(O)CCC=C(C)C. The lowest BCUT2D eigenvalue weighted by atomic mass is 9.93. The molecule has 0 spiro atoms. The van der Waals surface area contributed by atoms with Crippen LogP contribution in [0.3, 0.4) is 0 Å². The molecule has 0 aromatic heterocycles.